The van der Waals surface area contributed by atoms with Gasteiger partial charge in [0.2, 0.25) is 0 Å². The molecule has 0 spiro atoms. The van der Waals surface area contributed by atoms with Crippen molar-refractivity contribution in [3.63, 3.8) is 0 Å². The van der Waals surface area contributed by atoms with Crippen molar-refractivity contribution < 1.29 is 19.0 Å². The second kappa shape index (κ2) is 6.03. The lowest BCUT2D eigenvalue weighted by molar-refractivity contribution is 0.457. The number of benzene rings is 2. The first kappa shape index (κ1) is 16.2. The van der Waals surface area contributed by atoms with Crippen LogP contribution in [0.5, 0.6) is 11.5 Å². The average molecular weight is 365 g/mol. The largest absolute Gasteiger partial charge is 0.508 e. The molecule has 0 aliphatic heterocycles. The van der Waals surface area contributed by atoms with E-state index in [9.17, 15) is 15.0 Å². The maximum atomic E-state index is 12.7. The molecule has 6 heteroatoms. The maximum absolute atomic E-state index is 12.7. The first-order valence-corrected chi connectivity index (χ1v) is 9.18. The maximum Gasteiger partial charge on any atom is 0.348 e. The van der Waals surface area contributed by atoms with E-state index in [-0.39, 0.29) is 17.1 Å². The van der Waals surface area contributed by atoms with Crippen LogP contribution < -0.4 is 10.9 Å². The van der Waals surface area contributed by atoms with Gasteiger partial charge in [0.1, 0.15) is 28.1 Å². The zero-order valence-corrected chi connectivity index (χ0v) is 14.6. The third kappa shape index (κ3) is 2.56. The van der Waals surface area contributed by atoms with Crippen LogP contribution in [-0.4, -0.2) is 16.3 Å². The van der Waals surface area contributed by atoms with E-state index in [2.05, 4.69) is 5.32 Å². The number of fused-ring (bicyclic) bond motifs is 5. The molecule has 1 aliphatic carbocycles. The summed E-state index contributed by atoms with van der Waals surface area (Å²) in [5, 5.41) is 25.1. The van der Waals surface area contributed by atoms with Gasteiger partial charge in [-0.3, -0.25) is 0 Å². The van der Waals surface area contributed by atoms with E-state index >= 15 is 0 Å². The molecule has 0 atom stereocenters. The van der Waals surface area contributed by atoms with Gasteiger partial charge in [-0.25, -0.2) is 4.79 Å². The Morgan fingerprint density at radius 3 is 2.63 bits per heavy atom. The minimum Gasteiger partial charge on any atom is -0.508 e. The van der Waals surface area contributed by atoms with Gasteiger partial charge in [-0.2, -0.15) is 0 Å². The molecule has 0 saturated heterocycles. The summed E-state index contributed by atoms with van der Waals surface area (Å²) in [6.07, 6.45) is 4.67. The molecule has 1 fully saturated rings. The summed E-state index contributed by atoms with van der Waals surface area (Å²) >= 11 is 0. The Bertz CT molecular complexity index is 1230. The van der Waals surface area contributed by atoms with Crippen LogP contribution in [0.1, 0.15) is 31.2 Å². The van der Waals surface area contributed by atoms with E-state index in [0.29, 0.717) is 45.5 Å². The molecule has 5 rings (SSSR count). The van der Waals surface area contributed by atoms with Crippen molar-refractivity contribution in [2.75, 3.05) is 0 Å². The number of phenolic OH excluding ortho intramolecular Hbond substituents is 2. The van der Waals surface area contributed by atoms with Crippen molar-refractivity contribution in [1.29, 1.82) is 0 Å². The predicted octanol–water partition coefficient (Wildman–Crippen LogP) is 4.14. The predicted molar refractivity (Wildman–Crippen MR) is 102 cm³/mol. The molecular formula is C21H19NO5. The first-order chi connectivity index (χ1) is 13.1. The molecule has 1 saturated carbocycles. The zero-order valence-electron chi connectivity index (χ0n) is 14.6. The van der Waals surface area contributed by atoms with Gasteiger partial charge >= 0.3 is 5.63 Å². The normalized spacial score (nSPS) is 15.4. The fraction of sp³-hybridized carbons (Fsp3) is 0.286. The van der Waals surface area contributed by atoms with E-state index < -0.39 is 5.63 Å². The van der Waals surface area contributed by atoms with Crippen molar-refractivity contribution in [3.05, 3.63) is 46.3 Å². The monoisotopic (exact) mass is 365 g/mol. The standard InChI is InChI=1S/C21H19NO5/c23-12-5-6-13-17(9-12)27-21(25)19-18-14(10-22-11-3-1-2-4-11)15(24)7-8-16(18)26-20(13)19/h5-9,11,22-24H,1-4,10H2. The van der Waals surface area contributed by atoms with Gasteiger partial charge in [0, 0.05) is 29.6 Å². The second-order valence-electron chi connectivity index (χ2n) is 7.17. The number of furan rings is 1. The van der Waals surface area contributed by atoms with Crippen LogP contribution in [0, 0.1) is 0 Å². The Balaban J connectivity index is 1.76. The van der Waals surface area contributed by atoms with E-state index in [1.54, 1.807) is 18.2 Å². The number of hydrogen-bond acceptors (Lipinski definition) is 6. The summed E-state index contributed by atoms with van der Waals surface area (Å²) in [6, 6.07) is 8.26. The third-order valence-electron chi connectivity index (χ3n) is 5.48. The number of hydrogen-bond donors (Lipinski definition) is 3. The van der Waals surface area contributed by atoms with Crippen molar-refractivity contribution in [2.24, 2.45) is 0 Å². The van der Waals surface area contributed by atoms with Crippen LogP contribution in [0.3, 0.4) is 0 Å². The molecule has 2 aromatic carbocycles. The van der Waals surface area contributed by atoms with Crippen LogP contribution in [0.4, 0.5) is 0 Å². The number of rotatable bonds is 3. The minimum atomic E-state index is -0.547. The summed E-state index contributed by atoms with van der Waals surface area (Å²) in [4.78, 5) is 12.7. The highest BCUT2D eigenvalue weighted by Crippen LogP contribution is 2.37. The third-order valence-corrected chi connectivity index (χ3v) is 5.48. The minimum absolute atomic E-state index is 0.0141. The average Bonchev–Trinajstić information content (AvgIpc) is 3.28. The fourth-order valence-electron chi connectivity index (χ4n) is 4.12. The van der Waals surface area contributed by atoms with Crippen LogP contribution >= 0.6 is 0 Å². The Morgan fingerprint density at radius 2 is 1.81 bits per heavy atom. The molecule has 2 heterocycles. The Morgan fingerprint density at radius 1 is 1.00 bits per heavy atom. The Labute approximate surface area is 154 Å². The zero-order chi connectivity index (χ0) is 18.5. The SMILES string of the molecule is O=c1oc2cc(O)ccc2c2oc3ccc(O)c(CNC4CCCC4)c3c12. The topological polar surface area (TPSA) is 95.8 Å². The van der Waals surface area contributed by atoms with Gasteiger partial charge in [-0.15, -0.1) is 0 Å². The van der Waals surface area contributed by atoms with Gasteiger partial charge in [-0.1, -0.05) is 12.8 Å². The molecule has 0 radical (unpaired) electrons. The van der Waals surface area contributed by atoms with Crippen molar-refractivity contribution in [2.45, 2.75) is 38.3 Å². The van der Waals surface area contributed by atoms with E-state index in [1.165, 1.54) is 25.0 Å². The van der Waals surface area contributed by atoms with Crippen LogP contribution in [0.2, 0.25) is 0 Å². The van der Waals surface area contributed by atoms with Crippen LogP contribution in [0.25, 0.3) is 32.9 Å². The summed E-state index contributed by atoms with van der Waals surface area (Å²) in [5.74, 6) is 0.140. The Kier molecular flexibility index (Phi) is 3.62. The lowest BCUT2D eigenvalue weighted by Crippen LogP contribution is -2.25. The van der Waals surface area contributed by atoms with Gasteiger partial charge in [0.05, 0.1) is 5.39 Å². The fourth-order valence-corrected chi connectivity index (χ4v) is 4.12. The molecule has 6 nitrogen and oxygen atoms in total. The van der Waals surface area contributed by atoms with Crippen LogP contribution in [0.15, 0.2) is 44.0 Å². The molecule has 0 unspecified atom stereocenters. The number of phenols is 2. The summed E-state index contributed by atoms with van der Waals surface area (Å²) in [6.45, 7) is 0.454. The number of aromatic hydroxyl groups is 2. The van der Waals surface area contributed by atoms with E-state index in [4.69, 9.17) is 8.83 Å². The van der Waals surface area contributed by atoms with Crippen LogP contribution in [-0.2, 0) is 6.54 Å². The molecular weight excluding hydrogens is 346 g/mol. The van der Waals surface area contributed by atoms with E-state index in [0.717, 1.165) is 12.8 Å². The van der Waals surface area contributed by atoms with E-state index in [1.807, 2.05) is 0 Å². The Hall–Kier alpha value is -2.99. The summed E-state index contributed by atoms with van der Waals surface area (Å²) < 4.78 is 11.4. The van der Waals surface area contributed by atoms with Gasteiger partial charge in [0.15, 0.2) is 5.58 Å². The molecule has 1 aliphatic rings. The molecule has 27 heavy (non-hydrogen) atoms. The molecule has 0 amide bonds. The highest BCUT2D eigenvalue weighted by Gasteiger charge is 2.22. The summed E-state index contributed by atoms with van der Waals surface area (Å²) in [7, 11) is 0. The number of nitrogens with one attached hydrogen (secondary N) is 1. The lowest BCUT2D eigenvalue weighted by Gasteiger charge is -2.13. The summed E-state index contributed by atoms with van der Waals surface area (Å²) in [5.41, 5.74) is 1.29. The first-order valence-electron chi connectivity index (χ1n) is 9.18. The molecule has 3 N–H and O–H groups in total. The molecule has 4 aromatic rings. The quantitative estimate of drug-likeness (QED) is 0.472. The molecule has 138 valence electrons. The molecule has 2 aromatic heterocycles. The van der Waals surface area contributed by atoms with Gasteiger partial charge in [0.25, 0.3) is 0 Å². The van der Waals surface area contributed by atoms with Gasteiger partial charge < -0.3 is 24.4 Å². The van der Waals surface area contributed by atoms with Gasteiger partial charge in [-0.05, 0) is 37.1 Å². The van der Waals surface area contributed by atoms with Crippen molar-refractivity contribution in [1.82, 2.24) is 5.32 Å². The van der Waals surface area contributed by atoms with Crippen molar-refractivity contribution >= 4 is 32.9 Å². The highest BCUT2D eigenvalue weighted by molar-refractivity contribution is 6.14. The second-order valence-corrected chi connectivity index (χ2v) is 7.17. The molecule has 0 bridgehead atoms. The smallest absolute Gasteiger partial charge is 0.348 e. The highest BCUT2D eigenvalue weighted by atomic mass is 16.4. The van der Waals surface area contributed by atoms with Crippen molar-refractivity contribution in [3.8, 4) is 11.5 Å². The lowest BCUT2D eigenvalue weighted by atomic mass is 10.0.